The number of hydrogen-bond donors (Lipinski definition) is 2. The molecule has 0 aliphatic carbocycles. The Morgan fingerprint density at radius 1 is 1.03 bits per heavy atom. The van der Waals surface area contributed by atoms with E-state index in [4.69, 9.17) is 4.42 Å². The van der Waals surface area contributed by atoms with E-state index in [9.17, 15) is 9.18 Å². The van der Waals surface area contributed by atoms with E-state index in [1.807, 2.05) is 42.6 Å². The van der Waals surface area contributed by atoms with E-state index in [1.54, 1.807) is 29.0 Å². The molecule has 4 rings (SSSR count). The number of para-hydroxylation sites is 1. The van der Waals surface area contributed by atoms with E-state index in [1.165, 1.54) is 12.1 Å². The smallest absolute Gasteiger partial charge is 0.240 e. The molecule has 7 heteroatoms. The molecule has 2 aromatic heterocycles. The largest absolute Gasteiger partial charge is 0.468 e. The van der Waals surface area contributed by atoms with Crippen LogP contribution in [0.25, 0.3) is 16.9 Å². The topological polar surface area (TPSA) is 72.1 Å². The second kappa shape index (κ2) is 8.53. The first-order valence-electron chi connectivity index (χ1n) is 9.13. The van der Waals surface area contributed by atoms with Crippen LogP contribution in [0.4, 0.5) is 10.3 Å². The van der Waals surface area contributed by atoms with Gasteiger partial charge in [0.2, 0.25) is 11.9 Å². The molecule has 1 amide bonds. The maximum absolute atomic E-state index is 13.2. The van der Waals surface area contributed by atoms with Crippen LogP contribution >= 0.6 is 0 Å². The summed E-state index contributed by atoms with van der Waals surface area (Å²) in [6, 6.07) is 19.3. The van der Waals surface area contributed by atoms with E-state index < -0.39 is 0 Å². The molecule has 2 aromatic carbocycles. The summed E-state index contributed by atoms with van der Waals surface area (Å²) in [4.78, 5) is 17.0. The lowest BCUT2D eigenvalue weighted by Crippen LogP contribution is -2.28. The molecule has 2 heterocycles. The highest BCUT2D eigenvalue weighted by Crippen LogP contribution is 2.24. The van der Waals surface area contributed by atoms with Gasteiger partial charge in [-0.15, -0.1) is 0 Å². The molecule has 29 heavy (non-hydrogen) atoms. The fourth-order valence-electron chi connectivity index (χ4n) is 2.89. The van der Waals surface area contributed by atoms with Crippen molar-refractivity contribution < 1.29 is 13.6 Å². The van der Waals surface area contributed by atoms with Gasteiger partial charge in [0, 0.05) is 17.4 Å². The summed E-state index contributed by atoms with van der Waals surface area (Å²) in [5, 5.41) is 5.86. The Balaban J connectivity index is 1.54. The fourth-order valence-corrected chi connectivity index (χ4v) is 2.89. The number of amides is 1. The third-order valence-corrected chi connectivity index (χ3v) is 4.30. The number of nitrogens with zero attached hydrogens (tertiary/aromatic N) is 2. The maximum Gasteiger partial charge on any atom is 0.240 e. The number of anilines is 1. The molecule has 0 saturated carbocycles. The average molecular weight is 390 g/mol. The van der Waals surface area contributed by atoms with E-state index in [-0.39, 0.29) is 18.3 Å². The van der Waals surface area contributed by atoms with Crippen molar-refractivity contribution >= 4 is 11.9 Å². The highest BCUT2D eigenvalue weighted by molar-refractivity contribution is 5.91. The first kappa shape index (κ1) is 18.6. The summed E-state index contributed by atoms with van der Waals surface area (Å²) >= 11 is 0. The number of hydrogen-bond acceptors (Lipinski definition) is 4. The maximum atomic E-state index is 13.2. The Kier molecular flexibility index (Phi) is 5.49. The van der Waals surface area contributed by atoms with Crippen LogP contribution in [0.1, 0.15) is 5.76 Å². The van der Waals surface area contributed by atoms with E-state index in [2.05, 4.69) is 15.6 Å². The summed E-state index contributed by atoms with van der Waals surface area (Å²) in [7, 11) is 0. The van der Waals surface area contributed by atoms with Gasteiger partial charge < -0.3 is 9.73 Å². The Morgan fingerprint density at radius 2 is 1.83 bits per heavy atom. The number of rotatable bonds is 7. The third-order valence-electron chi connectivity index (χ3n) is 4.30. The van der Waals surface area contributed by atoms with Crippen molar-refractivity contribution in [3.05, 3.63) is 90.8 Å². The normalized spacial score (nSPS) is 10.8. The van der Waals surface area contributed by atoms with Crippen LogP contribution in [0.15, 0.2) is 83.6 Å². The Morgan fingerprint density at radius 3 is 2.55 bits per heavy atom. The van der Waals surface area contributed by atoms with Gasteiger partial charge in [0.25, 0.3) is 0 Å². The number of halogens is 1. The molecule has 0 fully saturated rings. The van der Waals surface area contributed by atoms with Gasteiger partial charge in [-0.05, 0) is 48.5 Å². The van der Waals surface area contributed by atoms with Gasteiger partial charge in [0.1, 0.15) is 11.6 Å². The van der Waals surface area contributed by atoms with Gasteiger partial charge in [-0.3, -0.25) is 14.7 Å². The summed E-state index contributed by atoms with van der Waals surface area (Å²) in [5.74, 6) is 0.597. The lowest BCUT2D eigenvalue weighted by molar-refractivity contribution is -0.115. The quantitative estimate of drug-likeness (QED) is 0.500. The molecule has 2 N–H and O–H groups in total. The van der Waals surface area contributed by atoms with Crippen LogP contribution in [0.5, 0.6) is 0 Å². The van der Waals surface area contributed by atoms with Gasteiger partial charge in [-0.25, -0.2) is 9.37 Å². The Labute approximate surface area is 167 Å². The molecule has 0 atom stereocenters. The third kappa shape index (κ3) is 4.59. The van der Waals surface area contributed by atoms with Crippen LogP contribution < -0.4 is 10.6 Å². The lowest BCUT2D eigenvalue weighted by atomic mass is 10.2. The number of furan rings is 1. The summed E-state index contributed by atoms with van der Waals surface area (Å²) in [6.07, 6.45) is 3.40. The molecule has 4 aromatic rings. The molecular weight excluding hydrogens is 371 g/mol. The van der Waals surface area contributed by atoms with Crippen LogP contribution in [-0.4, -0.2) is 22.0 Å². The zero-order chi connectivity index (χ0) is 20.1. The Bertz CT molecular complexity index is 1070. The standard InChI is InChI=1S/C22H19FN4O2/c23-17-10-8-16(9-11-17)20-15-27(18-5-2-1-3-6-18)22(25-20)26-21(28)14-24-13-19-7-4-12-29-19/h1-12,15,24H,13-14H2,(H,25,26,28). The fraction of sp³-hybridized carbons (Fsp3) is 0.0909. The monoisotopic (exact) mass is 390 g/mol. The molecule has 0 aliphatic rings. The summed E-state index contributed by atoms with van der Waals surface area (Å²) in [5.41, 5.74) is 2.24. The second-order valence-corrected chi connectivity index (χ2v) is 6.39. The van der Waals surface area contributed by atoms with Crippen molar-refractivity contribution in [1.82, 2.24) is 14.9 Å². The zero-order valence-electron chi connectivity index (χ0n) is 15.5. The molecular formula is C22H19FN4O2. The minimum Gasteiger partial charge on any atom is -0.468 e. The summed E-state index contributed by atoms with van der Waals surface area (Å²) < 4.78 is 20.3. The van der Waals surface area contributed by atoms with Gasteiger partial charge in [-0.1, -0.05) is 18.2 Å². The number of imidazole rings is 1. The predicted molar refractivity (Wildman–Crippen MR) is 108 cm³/mol. The van der Waals surface area contributed by atoms with Crippen molar-refractivity contribution in [3.8, 4) is 16.9 Å². The van der Waals surface area contributed by atoms with Crippen molar-refractivity contribution in [1.29, 1.82) is 0 Å². The van der Waals surface area contributed by atoms with Crippen LogP contribution in [0.3, 0.4) is 0 Å². The molecule has 0 spiro atoms. The minimum atomic E-state index is -0.313. The molecule has 0 radical (unpaired) electrons. The number of carbonyl (C=O) groups excluding carboxylic acids is 1. The molecule has 0 bridgehead atoms. The average Bonchev–Trinajstić information content (AvgIpc) is 3.39. The van der Waals surface area contributed by atoms with Crippen molar-refractivity contribution in [3.63, 3.8) is 0 Å². The Hall–Kier alpha value is -3.71. The van der Waals surface area contributed by atoms with E-state index in [0.717, 1.165) is 17.0 Å². The van der Waals surface area contributed by atoms with E-state index >= 15 is 0 Å². The number of benzene rings is 2. The molecule has 0 aliphatic heterocycles. The number of carbonyl (C=O) groups is 1. The van der Waals surface area contributed by atoms with Crippen LogP contribution in [0.2, 0.25) is 0 Å². The summed E-state index contributed by atoms with van der Waals surface area (Å²) in [6.45, 7) is 0.558. The van der Waals surface area contributed by atoms with E-state index in [0.29, 0.717) is 18.2 Å². The predicted octanol–water partition coefficient (Wildman–Crippen LogP) is 4.00. The minimum absolute atomic E-state index is 0.105. The first-order valence-corrected chi connectivity index (χ1v) is 9.13. The highest BCUT2D eigenvalue weighted by Gasteiger charge is 2.14. The van der Waals surface area contributed by atoms with Crippen molar-refractivity contribution in [2.75, 3.05) is 11.9 Å². The zero-order valence-corrected chi connectivity index (χ0v) is 15.5. The molecule has 6 nitrogen and oxygen atoms in total. The molecule has 0 saturated heterocycles. The highest BCUT2D eigenvalue weighted by atomic mass is 19.1. The molecule has 146 valence electrons. The first-order chi connectivity index (χ1) is 14.2. The van der Waals surface area contributed by atoms with Gasteiger partial charge in [-0.2, -0.15) is 0 Å². The SMILES string of the molecule is O=C(CNCc1ccco1)Nc1nc(-c2ccc(F)cc2)cn1-c1ccccc1. The van der Waals surface area contributed by atoms with Crippen molar-refractivity contribution in [2.24, 2.45) is 0 Å². The van der Waals surface area contributed by atoms with Crippen LogP contribution in [0, 0.1) is 5.82 Å². The second-order valence-electron chi connectivity index (χ2n) is 6.39. The van der Waals surface area contributed by atoms with Crippen LogP contribution in [-0.2, 0) is 11.3 Å². The lowest BCUT2D eigenvalue weighted by Gasteiger charge is -2.09. The van der Waals surface area contributed by atoms with Gasteiger partial charge in [0.15, 0.2) is 0 Å². The van der Waals surface area contributed by atoms with Crippen molar-refractivity contribution in [2.45, 2.75) is 6.54 Å². The molecule has 0 unspecified atom stereocenters. The van der Waals surface area contributed by atoms with Gasteiger partial charge in [0.05, 0.1) is 25.0 Å². The number of aromatic nitrogens is 2. The number of nitrogens with one attached hydrogen (secondary N) is 2. The van der Waals surface area contributed by atoms with Gasteiger partial charge >= 0.3 is 0 Å².